The third-order valence-corrected chi connectivity index (χ3v) is 3.15. The van der Waals surface area contributed by atoms with Crippen molar-refractivity contribution in [1.82, 2.24) is 0 Å². The molecule has 1 unspecified atom stereocenters. The van der Waals surface area contributed by atoms with E-state index in [0.717, 1.165) is 17.8 Å². The summed E-state index contributed by atoms with van der Waals surface area (Å²) in [7, 11) is 0. The van der Waals surface area contributed by atoms with Crippen LogP contribution in [0.15, 0.2) is 0 Å². The molecule has 0 aromatic rings. The Balaban J connectivity index is 3.56. The molecular weight excluding hydrogens is 180 g/mol. The summed E-state index contributed by atoms with van der Waals surface area (Å²) in [6.07, 6.45) is 10.0. The van der Waals surface area contributed by atoms with E-state index in [0.29, 0.717) is 0 Å². The van der Waals surface area contributed by atoms with Gasteiger partial charge in [-0.2, -0.15) is 0 Å². The quantitative estimate of drug-likeness (QED) is 0.432. The molecule has 0 aromatic carbocycles. The van der Waals surface area contributed by atoms with E-state index in [1.165, 1.54) is 44.9 Å². The molecule has 0 heterocycles. The molecule has 0 spiro atoms. The second-order valence-electron chi connectivity index (χ2n) is 5.96. The van der Waals surface area contributed by atoms with E-state index in [4.69, 9.17) is 0 Å². The standard InChI is InChI=1S/C15H32/c1-6-9-15(12-14(4)5)11-8-7-10-13(2)3/h13-15H,6-12H2,1-5H3. The Kier molecular flexibility index (Phi) is 9.24. The SMILES string of the molecule is CCCC(CCCCC(C)C)CC(C)C. The number of hydrogen-bond donors (Lipinski definition) is 0. The molecule has 0 bridgehead atoms. The van der Waals surface area contributed by atoms with Crippen molar-refractivity contribution in [1.29, 1.82) is 0 Å². The van der Waals surface area contributed by atoms with Crippen molar-refractivity contribution in [2.24, 2.45) is 17.8 Å². The summed E-state index contributed by atoms with van der Waals surface area (Å²) in [5.41, 5.74) is 0. The number of rotatable bonds is 9. The molecule has 0 amide bonds. The van der Waals surface area contributed by atoms with Gasteiger partial charge in [-0.25, -0.2) is 0 Å². The van der Waals surface area contributed by atoms with Crippen LogP contribution in [0.1, 0.15) is 79.6 Å². The van der Waals surface area contributed by atoms with E-state index in [9.17, 15) is 0 Å². The molecular formula is C15H32. The van der Waals surface area contributed by atoms with E-state index >= 15 is 0 Å². The summed E-state index contributed by atoms with van der Waals surface area (Å²) in [5.74, 6) is 2.77. The summed E-state index contributed by atoms with van der Waals surface area (Å²) in [6.45, 7) is 11.7. The first-order valence-corrected chi connectivity index (χ1v) is 7.06. The Morgan fingerprint density at radius 1 is 0.733 bits per heavy atom. The van der Waals surface area contributed by atoms with Crippen LogP contribution in [0.2, 0.25) is 0 Å². The molecule has 1 atom stereocenters. The van der Waals surface area contributed by atoms with Gasteiger partial charge in [0.25, 0.3) is 0 Å². The van der Waals surface area contributed by atoms with Crippen molar-refractivity contribution in [2.45, 2.75) is 79.6 Å². The Hall–Kier alpha value is 0. The first kappa shape index (κ1) is 15.0. The molecule has 0 heteroatoms. The summed E-state index contributed by atoms with van der Waals surface area (Å²) in [4.78, 5) is 0. The topological polar surface area (TPSA) is 0 Å². The average Bonchev–Trinajstić information content (AvgIpc) is 2.11. The molecule has 0 nitrogen and oxygen atoms in total. The van der Waals surface area contributed by atoms with Crippen molar-refractivity contribution < 1.29 is 0 Å². The van der Waals surface area contributed by atoms with E-state index in [1.807, 2.05) is 0 Å². The van der Waals surface area contributed by atoms with Crippen LogP contribution < -0.4 is 0 Å². The van der Waals surface area contributed by atoms with Gasteiger partial charge < -0.3 is 0 Å². The van der Waals surface area contributed by atoms with Crippen molar-refractivity contribution >= 4 is 0 Å². The minimum atomic E-state index is 0.881. The van der Waals surface area contributed by atoms with Gasteiger partial charge in [-0.15, -0.1) is 0 Å². The third kappa shape index (κ3) is 10.3. The van der Waals surface area contributed by atoms with Crippen LogP contribution in [0.25, 0.3) is 0 Å². The van der Waals surface area contributed by atoms with Crippen LogP contribution in [0, 0.1) is 17.8 Å². The maximum absolute atomic E-state index is 2.36. The van der Waals surface area contributed by atoms with Crippen molar-refractivity contribution in [3.8, 4) is 0 Å². The average molecular weight is 212 g/mol. The first-order valence-electron chi connectivity index (χ1n) is 7.06. The highest BCUT2D eigenvalue weighted by Crippen LogP contribution is 2.23. The molecule has 0 fully saturated rings. The second kappa shape index (κ2) is 9.24. The summed E-state index contributed by atoms with van der Waals surface area (Å²) in [5, 5.41) is 0. The molecule has 0 radical (unpaired) electrons. The van der Waals surface area contributed by atoms with Gasteiger partial charge in [0.2, 0.25) is 0 Å². The molecule has 0 rings (SSSR count). The lowest BCUT2D eigenvalue weighted by Crippen LogP contribution is -2.04. The predicted molar refractivity (Wildman–Crippen MR) is 71.2 cm³/mol. The van der Waals surface area contributed by atoms with Crippen LogP contribution in [-0.2, 0) is 0 Å². The van der Waals surface area contributed by atoms with E-state index < -0.39 is 0 Å². The van der Waals surface area contributed by atoms with Gasteiger partial charge in [0.1, 0.15) is 0 Å². The molecule has 0 aliphatic carbocycles. The highest BCUT2D eigenvalue weighted by atomic mass is 14.2. The van der Waals surface area contributed by atoms with Gasteiger partial charge in [-0.3, -0.25) is 0 Å². The Morgan fingerprint density at radius 2 is 1.33 bits per heavy atom. The van der Waals surface area contributed by atoms with Crippen molar-refractivity contribution in [3.05, 3.63) is 0 Å². The van der Waals surface area contributed by atoms with Crippen LogP contribution in [-0.4, -0.2) is 0 Å². The van der Waals surface area contributed by atoms with E-state index in [1.54, 1.807) is 0 Å². The summed E-state index contributed by atoms with van der Waals surface area (Å²) < 4.78 is 0. The highest BCUT2D eigenvalue weighted by molar-refractivity contribution is 4.62. The normalized spacial score (nSPS) is 13.8. The van der Waals surface area contributed by atoms with Crippen LogP contribution in [0.3, 0.4) is 0 Å². The summed E-state index contributed by atoms with van der Waals surface area (Å²) >= 11 is 0. The van der Waals surface area contributed by atoms with Crippen molar-refractivity contribution in [2.75, 3.05) is 0 Å². The fourth-order valence-corrected chi connectivity index (χ4v) is 2.44. The van der Waals surface area contributed by atoms with E-state index in [-0.39, 0.29) is 0 Å². The molecule has 92 valence electrons. The maximum atomic E-state index is 2.36. The van der Waals surface area contributed by atoms with Crippen LogP contribution in [0.4, 0.5) is 0 Å². The minimum absolute atomic E-state index is 0.881. The molecule has 0 aromatic heterocycles. The molecule has 0 saturated heterocycles. The Morgan fingerprint density at radius 3 is 1.80 bits per heavy atom. The van der Waals surface area contributed by atoms with E-state index in [2.05, 4.69) is 34.6 Å². The first-order chi connectivity index (χ1) is 7.06. The van der Waals surface area contributed by atoms with Crippen LogP contribution in [0.5, 0.6) is 0 Å². The highest BCUT2D eigenvalue weighted by Gasteiger charge is 2.09. The predicted octanol–water partition coefficient (Wildman–Crippen LogP) is 5.67. The summed E-state index contributed by atoms with van der Waals surface area (Å²) in [6, 6.07) is 0. The second-order valence-corrected chi connectivity index (χ2v) is 5.96. The lowest BCUT2D eigenvalue weighted by Gasteiger charge is -2.18. The van der Waals surface area contributed by atoms with Crippen LogP contribution >= 0.6 is 0 Å². The smallest absolute Gasteiger partial charge is 0.0412 e. The molecule has 0 aliphatic heterocycles. The number of unbranched alkanes of at least 4 members (excludes halogenated alkanes) is 1. The van der Waals surface area contributed by atoms with Gasteiger partial charge in [-0.05, 0) is 24.2 Å². The van der Waals surface area contributed by atoms with Gasteiger partial charge in [0.05, 0.1) is 0 Å². The molecule has 0 N–H and O–H groups in total. The Labute approximate surface area is 97.8 Å². The zero-order chi connectivity index (χ0) is 11.7. The number of hydrogen-bond acceptors (Lipinski definition) is 0. The molecule has 0 aliphatic rings. The fraction of sp³-hybridized carbons (Fsp3) is 1.00. The van der Waals surface area contributed by atoms with Gasteiger partial charge >= 0.3 is 0 Å². The van der Waals surface area contributed by atoms with Crippen molar-refractivity contribution in [3.63, 3.8) is 0 Å². The molecule has 0 saturated carbocycles. The maximum Gasteiger partial charge on any atom is -0.0412 e. The lowest BCUT2D eigenvalue weighted by molar-refractivity contribution is 0.345. The Bertz CT molecular complexity index is 124. The zero-order valence-corrected chi connectivity index (χ0v) is 11.7. The molecule has 15 heavy (non-hydrogen) atoms. The van der Waals surface area contributed by atoms with Gasteiger partial charge in [-0.1, -0.05) is 73.1 Å². The zero-order valence-electron chi connectivity index (χ0n) is 11.7. The largest absolute Gasteiger partial charge is 0.0654 e. The van der Waals surface area contributed by atoms with Gasteiger partial charge in [0.15, 0.2) is 0 Å². The third-order valence-electron chi connectivity index (χ3n) is 3.15. The fourth-order valence-electron chi connectivity index (χ4n) is 2.44. The minimum Gasteiger partial charge on any atom is -0.0654 e. The monoisotopic (exact) mass is 212 g/mol. The van der Waals surface area contributed by atoms with Gasteiger partial charge in [0, 0.05) is 0 Å². The lowest BCUT2D eigenvalue weighted by atomic mass is 9.88.